The highest BCUT2D eigenvalue weighted by molar-refractivity contribution is 6.30. The number of hydrogen-bond acceptors (Lipinski definition) is 3. The Bertz CT molecular complexity index is 1380. The Kier molecular flexibility index (Phi) is 9.08. The van der Waals surface area contributed by atoms with Crippen LogP contribution in [0.25, 0.3) is 11.1 Å². The average Bonchev–Trinajstić information content (AvgIpc) is 2.91. The summed E-state index contributed by atoms with van der Waals surface area (Å²) in [6.07, 6.45) is -4.24. The van der Waals surface area contributed by atoms with Crippen LogP contribution in [0.15, 0.2) is 60.7 Å². The number of amides is 1. The van der Waals surface area contributed by atoms with Crippen molar-refractivity contribution in [1.29, 1.82) is 0 Å². The number of benzene rings is 3. The maximum absolute atomic E-state index is 13.2. The van der Waals surface area contributed by atoms with E-state index in [2.05, 4.69) is 5.32 Å². The number of likely N-dealkylation sites (tertiary alicyclic amines) is 1. The molecule has 1 fully saturated rings. The van der Waals surface area contributed by atoms with Gasteiger partial charge in [-0.25, -0.2) is 0 Å². The summed E-state index contributed by atoms with van der Waals surface area (Å²) < 4.78 is 39.6. The number of alkyl halides is 3. The monoisotopic (exact) mass is 572 g/mol. The van der Waals surface area contributed by atoms with Gasteiger partial charge in [0, 0.05) is 35.8 Å². The van der Waals surface area contributed by atoms with Gasteiger partial charge in [-0.3, -0.25) is 9.59 Å². The molecule has 1 heterocycles. The van der Waals surface area contributed by atoms with Crippen LogP contribution in [0.4, 0.5) is 18.9 Å². The van der Waals surface area contributed by atoms with Crippen molar-refractivity contribution >= 4 is 29.2 Å². The van der Waals surface area contributed by atoms with E-state index < -0.39 is 30.5 Å². The fraction of sp³-hybridized carbons (Fsp3) is 0.355. The zero-order valence-electron chi connectivity index (χ0n) is 22.4. The number of nitrogens with zero attached hydrogens (tertiary/aromatic N) is 1. The first kappa shape index (κ1) is 29.5. The standard InChI is InChI=1S/C31H32ClF3N2O3/c1-19-16-22(26-12-8-24(32)17-20(26)2)7-11-27(19)28(13-14-31(33,34)35)36-25-9-5-21(6-10-25)29(38)37-15-3-4-23(18-37)30(39)40/h5-12,16-17,23,28,36H,3-4,13-15,18H2,1-2H3,(H,39,40)/t23-,28?/m1/s1. The summed E-state index contributed by atoms with van der Waals surface area (Å²) in [6.45, 7) is 4.50. The lowest BCUT2D eigenvalue weighted by atomic mass is 9.92. The van der Waals surface area contributed by atoms with Gasteiger partial charge in [-0.2, -0.15) is 13.2 Å². The van der Waals surface area contributed by atoms with Gasteiger partial charge in [-0.1, -0.05) is 35.9 Å². The molecule has 1 saturated heterocycles. The van der Waals surface area contributed by atoms with Gasteiger partial charge >= 0.3 is 12.1 Å². The molecule has 0 spiro atoms. The van der Waals surface area contributed by atoms with Crippen LogP contribution in [0.2, 0.25) is 5.02 Å². The van der Waals surface area contributed by atoms with Crippen LogP contribution >= 0.6 is 11.6 Å². The predicted octanol–water partition coefficient (Wildman–Crippen LogP) is 8.06. The summed E-state index contributed by atoms with van der Waals surface area (Å²) in [7, 11) is 0. The number of carbonyl (C=O) groups excluding carboxylic acids is 1. The third kappa shape index (κ3) is 7.36. The minimum atomic E-state index is -4.30. The van der Waals surface area contributed by atoms with Crippen LogP contribution in [0.3, 0.4) is 0 Å². The highest BCUT2D eigenvalue weighted by Gasteiger charge is 2.30. The molecule has 2 N–H and O–H groups in total. The van der Waals surface area contributed by atoms with E-state index in [-0.39, 0.29) is 18.9 Å². The summed E-state index contributed by atoms with van der Waals surface area (Å²) in [5, 5.41) is 13.2. The first-order valence-corrected chi connectivity index (χ1v) is 13.6. The smallest absolute Gasteiger partial charge is 0.389 e. The largest absolute Gasteiger partial charge is 0.481 e. The molecule has 4 rings (SSSR count). The van der Waals surface area contributed by atoms with Crippen LogP contribution in [-0.2, 0) is 4.79 Å². The Labute approximate surface area is 237 Å². The highest BCUT2D eigenvalue weighted by Crippen LogP contribution is 2.34. The van der Waals surface area contributed by atoms with Crippen LogP contribution in [-0.4, -0.2) is 41.1 Å². The molecule has 212 valence electrons. The molecule has 0 saturated carbocycles. The molecule has 0 aliphatic carbocycles. The van der Waals surface area contributed by atoms with Gasteiger partial charge in [-0.15, -0.1) is 0 Å². The predicted molar refractivity (Wildman–Crippen MR) is 151 cm³/mol. The third-order valence-corrected chi connectivity index (χ3v) is 7.63. The Morgan fingerprint density at radius 2 is 1.77 bits per heavy atom. The Hall–Kier alpha value is -3.52. The Morgan fingerprint density at radius 3 is 2.40 bits per heavy atom. The summed E-state index contributed by atoms with van der Waals surface area (Å²) in [4.78, 5) is 25.9. The fourth-order valence-corrected chi connectivity index (χ4v) is 5.48. The van der Waals surface area contributed by atoms with Gasteiger partial charge in [-0.05, 0) is 97.3 Å². The second kappa shape index (κ2) is 12.3. The molecule has 1 unspecified atom stereocenters. The van der Waals surface area contributed by atoms with E-state index >= 15 is 0 Å². The van der Waals surface area contributed by atoms with E-state index in [9.17, 15) is 27.9 Å². The van der Waals surface area contributed by atoms with Crippen molar-refractivity contribution in [2.75, 3.05) is 18.4 Å². The number of anilines is 1. The first-order chi connectivity index (χ1) is 18.9. The van der Waals surface area contributed by atoms with Crippen molar-refractivity contribution in [3.8, 4) is 11.1 Å². The van der Waals surface area contributed by atoms with Crippen molar-refractivity contribution in [2.24, 2.45) is 5.92 Å². The van der Waals surface area contributed by atoms with Crippen LogP contribution in [0.5, 0.6) is 0 Å². The number of halogens is 4. The zero-order chi connectivity index (χ0) is 29.0. The topological polar surface area (TPSA) is 69.6 Å². The lowest BCUT2D eigenvalue weighted by molar-refractivity contribution is -0.143. The number of aliphatic carboxylic acids is 1. The van der Waals surface area contributed by atoms with Crippen molar-refractivity contribution in [1.82, 2.24) is 4.90 Å². The van der Waals surface area contributed by atoms with E-state index in [4.69, 9.17) is 11.6 Å². The average molecular weight is 573 g/mol. The molecule has 3 aromatic rings. The summed E-state index contributed by atoms with van der Waals surface area (Å²) >= 11 is 6.09. The van der Waals surface area contributed by atoms with E-state index in [1.54, 1.807) is 29.2 Å². The number of aryl methyl sites for hydroxylation is 2. The van der Waals surface area contributed by atoms with Gasteiger partial charge < -0.3 is 15.3 Å². The molecule has 2 atom stereocenters. The van der Waals surface area contributed by atoms with Crippen LogP contribution in [0.1, 0.15) is 58.8 Å². The molecular formula is C31H32ClF3N2O3. The molecular weight excluding hydrogens is 541 g/mol. The van der Waals surface area contributed by atoms with E-state index in [1.807, 2.05) is 50.2 Å². The molecule has 40 heavy (non-hydrogen) atoms. The second-order valence-electron chi connectivity index (χ2n) is 10.4. The molecule has 0 bridgehead atoms. The molecule has 0 aromatic heterocycles. The van der Waals surface area contributed by atoms with E-state index in [0.717, 1.165) is 27.8 Å². The minimum Gasteiger partial charge on any atom is -0.481 e. The lowest BCUT2D eigenvalue weighted by Gasteiger charge is -2.30. The molecule has 1 amide bonds. The van der Waals surface area contributed by atoms with Gasteiger partial charge in [0.15, 0.2) is 0 Å². The number of carboxylic acid groups (broad SMARTS) is 1. The minimum absolute atomic E-state index is 0.158. The Balaban J connectivity index is 1.54. The maximum Gasteiger partial charge on any atom is 0.389 e. The van der Waals surface area contributed by atoms with Crippen molar-refractivity contribution < 1.29 is 27.9 Å². The summed E-state index contributed by atoms with van der Waals surface area (Å²) in [6, 6.07) is 17.3. The normalized spacial score (nSPS) is 16.4. The fourth-order valence-electron chi connectivity index (χ4n) is 5.25. The number of piperidine rings is 1. The van der Waals surface area contributed by atoms with Crippen molar-refractivity contribution in [3.63, 3.8) is 0 Å². The van der Waals surface area contributed by atoms with Gasteiger partial charge in [0.05, 0.1) is 12.0 Å². The number of rotatable bonds is 8. The lowest BCUT2D eigenvalue weighted by Crippen LogP contribution is -2.42. The molecule has 0 radical (unpaired) electrons. The van der Waals surface area contributed by atoms with Crippen LogP contribution < -0.4 is 5.32 Å². The molecule has 1 aliphatic heterocycles. The number of nitrogens with one attached hydrogen (secondary N) is 1. The molecule has 9 heteroatoms. The van der Waals surface area contributed by atoms with Gasteiger partial charge in [0.25, 0.3) is 5.91 Å². The number of carboxylic acids is 1. The van der Waals surface area contributed by atoms with Crippen molar-refractivity contribution in [2.45, 2.75) is 51.7 Å². The van der Waals surface area contributed by atoms with E-state index in [1.165, 1.54) is 0 Å². The summed E-state index contributed by atoms with van der Waals surface area (Å²) in [5.41, 5.74) is 5.57. The molecule has 3 aromatic carbocycles. The SMILES string of the molecule is Cc1cc(Cl)ccc1-c1ccc(C(CCC(F)(F)F)Nc2ccc(C(=O)N3CCC[C@@H](C(=O)O)C3)cc2)c(C)c1. The van der Waals surface area contributed by atoms with Gasteiger partial charge in [0.1, 0.15) is 0 Å². The summed E-state index contributed by atoms with van der Waals surface area (Å²) in [5.74, 6) is -1.74. The second-order valence-corrected chi connectivity index (χ2v) is 10.8. The van der Waals surface area contributed by atoms with Crippen molar-refractivity contribution in [3.05, 3.63) is 87.9 Å². The maximum atomic E-state index is 13.2. The third-order valence-electron chi connectivity index (χ3n) is 7.39. The quantitative estimate of drug-likeness (QED) is 0.286. The molecule has 5 nitrogen and oxygen atoms in total. The van der Waals surface area contributed by atoms with E-state index in [0.29, 0.717) is 35.7 Å². The van der Waals surface area contributed by atoms with Gasteiger partial charge in [0.2, 0.25) is 0 Å². The first-order valence-electron chi connectivity index (χ1n) is 13.2. The number of carbonyl (C=O) groups is 2. The molecule has 1 aliphatic rings. The van der Waals surface area contributed by atoms with Crippen LogP contribution in [0, 0.1) is 19.8 Å². The Morgan fingerprint density at radius 1 is 1.05 bits per heavy atom. The zero-order valence-corrected chi connectivity index (χ0v) is 23.1. The highest BCUT2D eigenvalue weighted by atomic mass is 35.5. The number of hydrogen-bond donors (Lipinski definition) is 2.